The number of carbonyl (C=O) groups excluding carboxylic acids is 1. The van der Waals surface area contributed by atoms with Crippen molar-refractivity contribution >= 4 is 51.7 Å². The molecular weight excluding hydrogens is 520 g/mol. The summed E-state index contributed by atoms with van der Waals surface area (Å²) in [5.74, 6) is 2.33. The monoisotopic (exact) mass is 548 g/mol. The lowest BCUT2D eigenvalue weighted by Gasteiger charge is -2.28. The van der Waals surface area contributed by atoms with Crippen LogP contribution in [0, 0.1) is 12.8 Å². The van der Waals surface area contributed by atoms with Crippen LogP contribution >= 0.6 is 24.0 Å². The van der Waals surface area contributed by atoms with Crippen molar-refractivity contribution in [3.8, 4) is 11.5 Å². The number of aryl methyl sites for hydroxylation is 1. The van der Waals surface area contributed by atoms with E-state index in [2.05, 4.69) is 12.2 Å². The van der Waals surface area contributed by atoms with Gasteiger partial charge in [-0.3, -0.25) is 18.9 Å². The molecule has 1 aromatic carbocycles. The van der Waals surface area contributed by atoms with Gasteiger partial charge in [0.2, 0.25) is 6.79 Å². The van der Waals surface area contributed by atoms with Gasteiger partial charge in [0.15, 0.2) is 11.5 Å². The van der Waals surface area contributed by atoms with Crippen LogP contribution in [-0.2, 0) is 11.3 Å². The summed E-state index contributed by atoms with van der Waals surface area (Å²) in [4.78, 5) is 34.0. The average Bonchev–Trinajstić information content (AvgIpc) is 3.48. The molecule has 2 fully saturated rings. The Balaban J connectivity index is 1.34. The van der Waals surface area contributed by atoms with Crippen LogP contribution in [0.25, 0.3) is 11.7 Å². The molecule has 38 heavy (non-hydrogen) atoms. The SMILES string of the molecule is Cc1cccn2c(=O)c(/C=C3/SC(=S)N(Cc4ccc5c(c4)OCO5)C3=O)c(NC3CCC(C)CC3)nc12. The molecule has 1 saturated heterocycles. The third kappa shape index (κ3) is 4.67. The quantitative estimate of drug-likeness (QED) is 0.347. The zero-order valence-electron chi connectivity index (χ0n) is 21.2. The number of rotatable bonds is 5. The third-order valence-electron chi connectivity index (χ3n) is 7.37. The number of hydrogen-bond donors (Lipinski definition) is 1. The number of nitrogens with one attached hydrogen (secondary N) is 1. The number of ether oxygens (including phenoxy) is 2. The van der Waals surface area contributed by atoms with E-state index in [0.717, 1.165) is 36.8 Å². The van der Waals surface area contributed by atoms with E-state index in [0.29, 0.717) is 50.2 Å². The van der Waals surface area contributed by atoms with Gasteiger partial charge in [-0.2, -0.15) is 0 Å². The predicted molar refractivity (Wildman–Crippen MR) is 153 cm³/mol. The van der Waals surface area contributed by atoms with Crippen molar-refractivity contribution in [1.29, 1.82) is 0 Å². The Morgan fingerprint density at radius 1 is 1.16 bits per heavy atom. The van der Waals surface area contributed by atoms with Gasteiger partial charge >= 0.3 is 0 Å². The molecule has 1 amide bonds. The van der Waals surface area contributed by atoms with Gasteiger partial charge in [-0.1, -0.05) is 43.0 Å². The molecule has 4 heterocycles. The summed E-state index contributed by atoms with van der Waals surface area (Å²) in [5, 5.41) is 3.54. The Morgan fingerprint density at radius 2 is 1.95 bits per heavy atom. The second-order valence-corrected chi connectivity index (χ2v) is 11.8. The van der Waals surface area contributed by atoms with E-state index in [1.165, 1.54) is 11.8 Å². The summed E-state index contributed by atoms with van der Waals surface area (Å²) < 4.78 is 12.8. The number of thiocarbonyl (C=S) groups is 1. The molecule has 0 bridgehead atoms. The second-order valence-electron chi connectivity index (χ2n) is 10.1. The zero-order chi connectivity index (χ0) is 26.4. The van der Waals surface area contributed by atoms with Crippen LogP contribution in [0.3, 0.4) is 0 Å². The molecule has 0 atom stereocenters. The molecule has 0 radical (unpaired) electrons. The molecule has 0 spiro atoms. The Kier molecular flexibility index (Phi) is 6.61. The minimum atomic E-state index is -0.233. The van der Waals surface area contributed by atoms with Gasteiger partial charge in [-0.15, -0.1) is 0 Å². The van der Waals surface area contributed by atoms with Crippen LogP contribution in [0.2, 0.25) is 0 Å². The summed E-state index contributed by atoms with van der Waals surface area (Å²) in [6, 6.07) is 9.59. The highest BCUT2D eigenvalue weighted by atomic mass is 32.2. The lowest BCUT2D eigenvalue weighted by molar-refractivity contribution is -0.122. The first-order valence-corrected chi connectivity index (χ1v) is 14.0. The smallest absolute Gasteiger partial charge is 0.267 e. The summed E-state index contributed by atoms with van der Waals surface area (Å²) in [5.41, 5.74) is 2.55. The van der Waals surface area contributed by atoms with Gasteiger partial charge in [0.05, 0.1) is 17.0 Å². The molecule has 2 aliphatic heterocycles. The van der Waals surface area contributed by atoms with Gasteiger partial charge in [-0.25, -0.2) is 4.98 Å². The standard InChI is InChI=1S/C28H28N4O4S2/c1-16-5-8-19(9-6-16)29-24-20(26(33)31-11-3-4-17(2)25(31)30-24)13-23-27(34)32(28(37)38-23)14-18-7-10-21-22(12-18)36-15-35-21/h3-4,7,10-13,16,19,29H,5-6,8-9,14-15H2,1-2H3/b23-13+. The predicted octanol–water partition coefficient (Wildman–Crippen LogP) is 5.12. The first-order chi connectivity index (χ1) is 18.4. The van der Waals surface area contributed by atoms with Crippen LogP contribution < -0.4 is 20.3 Å². The third-order valence-corrected chi connectivity index (χ3v) is 8.75. The largest absolute Gasteiger partial charge is 0.454 e. The highest BCUT2D eigenvalue weighted by Gasteiger charge is 2.33. The first kappa shape index (κ1) is 24.9. The maximum absolute atomic E-state index is 13.7. The fourth-order valence-corrected chi connectivity index (χ4v) is 6.38. The Morgan fingerprint density at radius 3 is 2.76 bits per heavy atom. The molecule has 0 unspecified atom stereocenters. The lowest BCUT2D eigenvalue weighted by Crippen LogP contribution is -2.29. The van der Waals surface area contributed by atoms with Crippen molar-refractivity contribution in [1.82, 2.24) is 14.3 Å². The summed E-state index contributed by atoms with van der Waals surface area (Å²) in [7, 11) is 0. The molecular formula is C28H28N4O4S2. The number of carbonyl (C=O) groups is 1. The van der Waals surface area contributed by atoms with E-state index in [1.54, 1.807) is 21.6 Å². The van der Waals surface area contributed by atoms with Crippen LogP contribution in [0.15, 0.2) is 46.2 Å². The molecule has 196 valence electrons. The number of aromatic nitrogens is 2. The number of benzene rings is 1. The number of anilines is 1. The van der Waals surface area contributed by atoms with Gasteiger partial charge in [-0.05, 0) is 73.9 Å². The van der Waals surface area contributed by atoms with Gasteiger partial charge in [0.25, 0.3) is 11.5 Å². The maximum atomic E-state index is 13.7. The number of pyridine rings is 1. The van der Waals surface area contributed by atoms with Crippen LogP contribution in [-0.4, -0.2) is 37.3 Å². The van der Waals surface area contributed by atoms with Crippen molar-refractivity contribution in [2.45, 2.75) is 52.1 Å². The first-order valence-electron chi connectivity index (χ1n) is 12.8. The van der Waals surface area contributed by atoms with E-state index in [-0.39, 0.29) is 24.3 Å². The van der Waals surface area contributed by atoms with Crippen LogP contribution in [0.1, 0.15) is 49.3 Å². The summed E-state index contributed by atoms with van der Waals surface area (Å²) >= 11 is 6.77. The van der Waals surface area contributed by atoms with E-state index in [4.69, 9.17) is 26.7 Å². The van der Waals surface area contributed by atoms with Crippen molar-refractivity contribution in [3.05, 3.63) is 68.5 Å². The fourth-order valence-electron chi connectivity index (χ4n) is 5.14. The molecule has 2 aromatic heterocycles. The van der Waals surface area contributed by atoms with Crippen LogP contribution in [0.4, 0.5) is 5.82 Å². The van der Waals surface area contributed by atoms with Crippen molar-refractivity contribution < 1.29 is 14.3 Å². The number of nitrogens with zero attached hydrogens (tertiary/aromatic N) is 3. The van der Waals surface area contributed by atoms with Crippen molar-refractivity contribution in [3.63, 3.8) is 0 Å². The van der Waals surface area contributed by atoms with E-state index >= 15 is 0 Å². The minimum Gasteiger partial charge on any atom is -0.454 e. The normalized spacial score (nSPS) is 22.1. The second kappa shape index (κ2) is 10.1. The number of fused-ring (bicyclic) bond motifs is 2. The van der Waals surface area contributed by atoms with Crippen molar-refractivity contribution in [2.75, 3.05) is 12.1 Å². The van der Waals surface area contributed by atoms with Gasteiger partial charge < -0.3 is 14.8 Å². The van der Waals surface area contributed by atoms with Crippen molar-refractivity contribution in [2.24, 2.45) is 5.92 Å². The number of amides is 1. The van der Waals surface area contributed by atoms with E-state index in [9.17, 15) is 9.59 Å². The highest BCUT2D eigenvalue weighted by Crippen LogP contribution is 2.37. The molecule has 1 N–H and O–H groups in total. The molecule has 1 saturated carbocycles. The Bertz CT molecular complexity index is 1540. The minimum absolute atomic E-state index is 0.188. The molecule has 8 nitrogen and oxygen atoms in total. The molecule has 3 aromatic rings. The van der Waals surface area contributed by atoms with Gasteiger partial charge in [0.1, 0.15) is 15.8 Å². The number of thioether (sulfide) groups is 1. The molecule has 6 rings (SSSR count). The fraction of sp³-hybridized carbons (Fsp3) is 0.357. The Hall–Kier alpha value is -3.37. The average molecular weight is 549 g/mol. The molecule has 3 aliphatic rings. The van der Waals surface area contributed by atoms with E-state index in [1.807, 2.05) is 37.3 Å². The molecule has 1 aliphatic carbocycles. The van der Waals surface area contributed by atoms with Crippen LogP contribution in [0.5, 0.6) is 11.5 Å². The maximum Gasteiger partial charge on any atom is 0.267 e. The lowest BCUT2D eigenvalue weighted by atomic mass is 9.87. The molecule has 10 heteroatoms. The number of hydrogen-bond acceptors (Lipinski definition) is 8. The Labute approximate surface area is 230 Å². The summed E-state index contributed by atoms with van der Waals surface area (Å²) in [6.45, 7) is 4.71. The summed E-state index contributed by atoms with van der Waals surface area (Å²) in [6.07, 6.45) is 7.68. The highest BCUT2D eigenvalue weighted by molar-refractivity contribution is 8.26. The zero-order valence-corrected chi connectivity index (χ0v) is 22.9. The van der Waals surface area contributed by atoms with E-state index < -0.39 is 0 Å². The topological polar surface area (TPSA) is 85.2 Å². The van der Waals surface area contributed by atoms with Gasteiger partial charge in [0, 0.05) is 12.2 Å².